The summed E-state index contributed by atoms with van der Waals surface area (Å²) in [6.07, 6.45) is 6.83. The molecular formula is C21H25IO. The topological polar surface area (TPSA) is 9.23 Å². The summed E-state index contributed by atoms with van der Waals surface area (Å²) in [6.45, 7) is 0. The van der Waals surface area contributed by atoms with E-state index in [9.17, 15) is 0 Å². The molecule has 0 saturated heterocycles. The molecule has 0 saturated carbocycles. The minimum Gasteiger partial charge on any atom is -0.381 e. The monoisotopic (exact) mass is 420 g/mol. The summed E-state index contributed by atoms with van der Waals surface area (Å²) in [5, 5.41) is 0. The van der Waals surface area contributed by atoms with Crippen molar-refractivity contribution in [2.75, 3.05) is 11.5 Å². The Morgan fingerprint density at radius 3 is 2.30 bits per heavy atom. The van der Waals surface area contributed by atoms with Crippen LogP contribution < -0.4 is 0 Å². The van der Waals surface area contributed by atoms with Gasteiger partial charge in [0.2, 0.25) is 0 Å². The number of aryl methyl sites for hydroxylation is 1. The van der Waals surface area contributed by atoms with E-state index in [1.165, 1.54) is 16.7 Å². The highest BCUT2D eigenvalue weighted by Gasteiger charge is 2.12. The van der Waals surface area contributed by atoms with E-state index >= 15 is 0 Å². The van der Waals surface area contributed by atoms with Crippen LogP contribution in [0.5, 0.6) is 0 Å². The van der Waals surface area contributed by atoms with Gasteiger partial charge in [0, 0.05) is 11.5 Å². The van der Waals surface area contributed by atoms with E-state index in [4.69, 9.17) is 4.74 Å². The quantitative estimate of drug-likeness (QED) is 0.361. The average Bonchev–Trinajstić information content (AvgIpc) is 2.63. The van der Waals surface area contributed by atoms with Crippen LogP contribution in [0.2, 0.25) is 0 Å². The van der Waals surface area contributed by atoms with Gasteiger partial charge in [-0.25, -0.2) is 0 Å². The first-order valence-corrected chi connectivity index (χ1v) is 9.73. The summed E-state index contributed by atoms with van der Waals surface area (Å²) in [6, 6.07) is 21.3. The normalized spacial score (nSPS) is 13.0. The third kappa shape index (κ3) is 6.48. The highest BCUT2D eigenvalue weighted by Crippen LogP contribution is 2.24. The number of halogens is 1. The Hall–Kier alpha value is -1.13. The Morgan fingerprint density at radius 1 is 1.04 bits per heavy atom. The van der Waals surface area contributed by atoms with Crippen LogP contribution >= 0.6 is 22.6 Å². The van der Waals surface area contributed by atoms with Gasteiger partial charge in [-0.3, -0.25) is 0 Å². The molecule has 2 aromatic carbocycles. The maximum Gasteiger partial charge on any atom is 0.0614 e. The van der Waals surface area contributed by atoms with Crippen molar-refractivity contribution in [2.24, 2.45) is 0 Å². The van der Waals surface area contributed by atoms with Crippen molar-refractivity contribution in [1.82, 2.24) is 0 Å². The largest absolute Gasteiger partial charge is 0.381 e. The van der Waals surface area contributed by atoms with E-state index in [0.717, 1.165) is 30.1 Å². The van der Waals surface area contributed by atoms with Gasteiger partial charge in [0.1, 0.15) is 0 Å². The molecule has 2 rings (SSSR count). The average molecular weight is 420 g/mol. The van der Waals surface area contributed by atoms with Crippen LogP contribution in [0.4, 0.5) is 0 Å². The molecule has 0 aliphatic rings. The second-order valence-corrected chi connectivity index (χ2v) is 6.74. The van der Waals surface area contributed by atoms with Crippen LogP contribution in [-0.2, 0) is 11.2 Å². The summed E-state index contributed by atoms with van der Waals surface area (Å²) in [4.78, 5) is 0. The lowest BCUT2D eigenvalue weighted by atomic mass is 9.95. The van der Waals surface area contributed by atoms with Crippen LogP contribution in [0.15, 0.2) is 66.7 Å². The molecule has 122 valence electrons. The van der Waals surface area contributed by atoms with Crippen LogP contribution in [-0.4, -0.2) is 17.6 Å². The summed E-state index contributed by atoms with van der Waals surface area (Å²) in [7, 11) is 1.83. The number of hydrogen-bond donors (Lipinski definition) is 0. The smallest absolute Gasteiger partial charge is 0.0614 e. The molecule has 1 unspecified atom stereocenters. The van der Waals surface area contributed by atoms with Crippen molar-refractivity contribution in [3.63, 3.8) is 0 Å². The van der Waals surface area contributed by atoms with Gasteiger partial charge < -0.3 is 4.74 Å². The number of benzene rings is 2. The molecule has 0 amide bonds. The lowest BCUT2D eigenvalue weighted by Crippen LogP contribution is -2.12. The first-order chi connectivity index (χ1) is 11.3. The molecular weight excluding hydrogens is 395 g/mol. The predicted molar refractivity (Wildman–Crippen MR) is 108 cm³/mol. The van der Waals surface area contributed by atoms with E-state index in [1.54, 1.807) is 0 Å². The molecule has 0 aromatic heterocycles. The zero-order valence-corrected chi connectivity index (χ0v) is 15.9. The minimum atomic E-state index is 0.260. The first kappa shape index (κ1) is 18.2. The van der Waals surface area contributed by atoms with Gasteiger partial charge >= 0.3 is 0 Å². The zero-order chi connectivity index (χ0) is 16.3. The van der Waals surface area contributed by atoms with E-state index < -0.39 is 0 Å². The summed E-state index contributed by atoms with van der Waals surface area (Å²) < 4.78 is 6.91. The number of rotatable bonds is 9. The molecule has 0 fully saturated rings. The molecule has 0 N–H and O–H groups in total. The lowest BCUT2D eigenvalue weighted by molar-refractivity contribution is 0.0998. The maximum absolute atomic E-state index is 5.76. The second kappa shape index (κ2) is 10.6. The van der Waals surface area contributed by atoms with Gasteiger partial charge in [0.05, 0.1) is 6.10 Å². The number of hydrogen-bond acceptors (Lipinski definition) is 1. The van der Waals surface area contributed by atoms with Crippen molar-refractivity contribution in [2.45, 2.75) is 31.8 Å². The van der Waals surface area contributed by atoms with Crippen molar-refractivity contribution < 1.29 is 4.74 Å². The van der Waals surface area contributed by atoms with Gasteiger partial charge in [-0.2, -0.15) is 0 Å². The maximum atomic E-state index is 5.76. The standard InChI is InChI=1S/C21H25IO/c1-23-21(15-14-18-9-4-2-5-10-18)17-20(13-8-16-22)19-11-6-3-7-12-19/h2-7,9-13,21H,8,14-17H2,1H3/b20-13-. The molecule has 0 spiro atoms. The zero-order valence-electron chi connectivity index (χ0n) is 13.7. The Kier molecular flexibility index (Phi) is 8.40. The Morgan fingerprint density at radius 2 is 1.70 bits per heavy atom. The Balaban J connectivity index is 2.01. The van der Waals surface area contributed by atoms with Crippen LogP contribution in [0.25, 0.3) is 5.57 Å². The number of alkyl halides is 1. The van der Waals surface area contributed by atoms with Gasteiger partial charge in [0.15, 0.2) is 0 Å². The minimum absolute atomic E-state index is 0.260. The molecule has 1 nitrogen and oxygen atoms in total. The van der Waals surface area contributed by atoms with Gasteiger partial charge in [-0.15, -0.1) is 0 Å². The molecule has 2 heteroatoms. The summed E-state index contributed by atoms with van der Waals surface area (Å²) in [5.74, 6) is 0. The molecule has 0 bridgehead atoms. The molecule has 2 aromatic rings. The van der Waals surface area contributed by atoms with E-state index in [1.807, 2.05) is 7.11 Å². The molecule has 0 radical (unpaired) electrons. The van der Waals surface area contributed by atoms with Crippen LogP contribution in [0.1, 0.15) is 30.4 Å². The fourth-order valence-corrected chi connectivity index (χ4v) is 3.03. The number of methoxy groups -OCH3 is 1. The highest BCUT2D eigenvalue weighted by atomic mass is 127. The van der Waals surface area contributed by atoms with E-state index in [2.05, 4.69) is 89.3 Å². The predicted octanol–water partition coefficient (Wildman–Crippen LogP) is 5.93. The first-order valence-electron chi connectivity index (χ1n) is 8.20. The Bertz CT molecular complexity index is 577. The molecule has 23 heavy (non-hydrogen) atoms. The third-order valence-corrected chi connectivity index (χ3v) is 4.65. The third-order valence-electron chi connectivity index (χ3n) is 4.02. The Labute approximate surface area is 153 Å². The van der Waals surface area contributed by atoms with Crippen molar-refractivity contribution in [3.05, 3.63) is 77.9 Å². The van der Waals surface area contributed by atoms with Gasteiger partial charge in [-0.1, -0.05) is 89.3 Å². The van der Waals surface area contributed by atoms with Crippen molar-refractivity contribution >= 4 is 28.2 Å². The summed E-state index contributed by atoms with van der Waals surface area (Å²) in [5.41, 5.74) is 4.10. The fourth-order valence-electron chi connectivity index (χ4n) is 2.72. The molecule has 0 heterocycles. The lowest BCUT2D eigenvalue weighted by Gasteiger charge is -2.18. The van der Waals surface area contributed by atoms with Crippen LogP contribution in [0, 0.1) is 0 Å². The summed E-state index contributed by atoms with van der Waals surface area (Å²) >= 11 is 2.43. The number of allylic oxidation sites excluding steroid dienone is 1. The number of ether oxygens (including phenoxy) is 1. The SMILES string of the molecule is COC(CCc1ccccc1)C/C(=C/CCI)c1ccccc1. The second-order valence-electron chi connectivity index (χ2n) is 5.66. The molecule has 1 atom stereocenters. The van der Waals surface area contributed by atoms with E-state index in [0.29, 0.717) is 0 Å². The molecule has 0 aliphatic heterocycles. The molecule has 0 aliphatic carbocycles. The fraction of sp³-hybridized carbons (Fsp3) is 0.333. The highest BCUT2D eigenvalue weighted by molar-refractivity contribution is 14.1. The van der Waals surface area contributed by atoms with Crippen LogP contribution in [0.3, 0.4) is 0 Å². The van der Waals surface area contributed by atoms with Crippen molar-refractivity contribution in [1.29, 1.82) is 0 Å². The van der Waals surface area contributed by atoms with Gasteiger partial charge in [0.25, 0.3) is 0 Å². The van der Waals surface area contributed by atoms with Crippen molar-refractivity contribution in [3.8, 4) is 0 Å². The van der Waals surface area contributed by atoms with E-state index in [-0.39, 0.29) is 6.10 Å². The van der Waals surface area contributed by atoms with Gasteiger partial charge in [-0.05, 0) is 42.4 Å².